The van der Waals surface area contributed by atoms with Crippen LogP contribution in [0.5, 0.6) is 0 Å². The molecule has 0 spiro atoms. The fourth-order valence-corrected chi connectivity index (χ4v) is 3.51. The van der Waals surface area contributed by atoms with Crippen LogP contribution < -0.4 is 5.73 Å². The number of hydrogen-bond acceptors (Lipinski definition) is 3. The van der Waals surface area contributed by atoms with Crippen LogP contribution in [0.25, 0.3) is 0 Å². The van der Waals surface area contributed by atoms with E-state index in [-0.39, 0.29) is 18.0 Å². The third kappa shape index (κ3) is 3.45. The van der Waals surface area contributed by atoms with E-state index in [1.165, 1.54) is 10.4 Å². The minimum atomic E-state index is -3.58. The second-order valence-corrected chi connectivity index (χ2v) is 6.03. The first kappa shape index (κ1) is 15.5. The smallest absolute Gasteiger partial charge is 0.243 e. The number of aryl methyl sites for hydroxylation is 1. The number of rotatable bonds is 7. The van der Waals surface area contributed by atoms with Crippen molar-refractivity contribution in [2.45, 2.75) is 18.2 Å². The predicted molar refractivity (Wildman–Crippen MR) is 79.4 cm³/mol. The monoisotopic (exact) mass is 280 g/mol. The first-order valence-corrected chi connectivity index (χ1v) is 7.51. The fraction of sp³-hybridized carbons (Fsp3) is 0.286. The highest BCUT2D eigenvalue weighted by Crippen LogP contribution is 2.23. The zero-order valence-corrected chi connectivity index (χ0v) is 12.0. The van der Waals surface area contributed by atoms with Crippen molar-refractivity contribution < 1.29 is 8.42 Å². The molecule has 0 atom stereocenters. The van der Waals surface area contributed by atoms with Crippen molar-refractivity contribution in [3.05, 3.63) is 49.1 Å². The molecule has 1 rings (SSSR count). The van der Waals surface area contributed by atoms with Crippen LogP contribution in [0.2, 0.25) is 0 Å². The van der Waals surface area contributed by atoms with Crippen LogP contribution >= 0.6 is 0 Å². The summed E-state index contributed by atoms with van der Waals surface area (Å²) >= 11 is 0. The molecule has 0 aliphatic carbocycles. The van der Waals surface area contributed by atoms with E-state index < -0.39 is 10.0 Å². The summed E-state index contributed by atoms with van der Waals surface area (Å²) in [6.45, 7) is 9.57. The molecule has 0 saturated heterocycles. The molecule has 4 nitrogen and oxygen atoms in total. The number of nitrogens with zero attached hydrogens (tertiary/aromatic N) is 1. The maximum atomic E-state index is 12.6. The highest BCUT2D eigenvalue weighted by atomic mass is 32.2. The molecule has 0 aliphatic rings. The van der Waals surface area contributed by atoms with Gasteiger partial charge in [0.1, 0.15) is 0 Å². The van der Waals surface area contributed by atoms with Gasteiger partial charge in [-0.2, -0.15) is 4.31 Å². The largest absolute Gasteiger partial charge is 0.399 e. The molecular formula is C14H20N2O2S. The average molecular weight is 280 g/mol. The number of nitrogen functional groups attached to an aromatic ring is 1. The molecular weight excluding hydrogens is 260 g/mol. The summed E-state index contributed by atoms with van der Waals surface area (Å²) in [4.78, 5) is 0.263. The molecule has 0 heterocycles. The van der Waals surface area contributed by atoms with Crippen molar-refractivity contribution in [1.82, 2.24) is 4.31 Å². The van der Waals surface area contributed by atoms with E-state index in [1.54, 1.807) is 24.3 Å². The summed E-state index contributed by atoms with van der Waals surface area (Å²) in [5.74, 6) is 0. The van der Waals surface area contributed by atoms with E-state index in [9.17, 15) is 8.42 Å². The molecule has 0 unspecified atom stereocenters. The minimum absolute atomic E-state index is 0.242. The van der Waals surface area contributed by atoms with E-state index in [4.69, 9.17) is 5.73 Å². The zero-order chi connectivity index (χ0) is 14.5. The van der Waals surface area contributed by atoms with Gasteiger partial charge in [-0.15, -0.1) is 13.2 Å². The lowest BCUT2D eigenvalue weighted by molar-refractivity contribution is 0.473. The quantitative estimate of drug-likeness (QED) is 0.615. The molecule has 19 heavy (non-hydrogen) atoms. The molecule has 5 heteroatoms. The molecule has 1 aromatic rings. The van der Waals surface area contributed by atoms with Gasteiger partial charge in [-0.1, -0.05) is 25.1 Å². The normalized spacial score (nSPS) is 11.5. The lowest BCUT2D eigenvalue weighted by Crippen LogP contribution is -2.32. The van der Waals surface area contributed by atoms with E-state index in [2.05, 4.69) is 13.2 Å². The number of hydrogen-bond donors (Lipinski definition) is 1. The number of nitrogens with two attached hydrogens (primary N) is 1. The van der Waals surface area contributed by atoms with Crippen molar-refractivity contribution >= 4 is 15.7 Å². The van der Waals surface area contributed by atoms with Gasteiger partial charge in [0.05, 0.1) is 4.90 Å². The van der Waals surface area contributed by atoms with Gasteiger partial charge >= 0.3 is 0 Å². The van der Waals surface area contributed by atoms with E-state index in [0.717, 1.165) is 5.56 Å². The number of sulfonamides is 1. The van der Waals surface area contributed by atoms with Crippen molar-refractivity contribution in [1.29, 1.82) is 0 Å². The zero-order valence-electron chi connectivity index (χ0n) is 11.2. The molecule has 0 saturated carbocycles. The van der Waals surface area contributed by atoms with Gasteiger partial charge in [0.2, 0.25) is 10.0 Å². The first-order valence-electron chi connectivity index (χ1n) is 6.07. The van der Waals surface area contributed by atoms with E-state index in [0.29, 0.717) is 12.1 Å². The Morgan fingerprint density at radius 1 is 1.26 bits per heavy atom. The topological polar surface area (TPSA) is 63.4 Å². The molecule has 0 aliphatic heterocycles. The second-order valence-electron chi connectivity index (χ2n) is 4.12. The van der Waals surface area contributed by atoms with Gasteiger partial charge in [-0.05, 0) is 24.1 Å². The highest BCUT2D eigenvalue weighted by Gasteiger charge is 2.25. The van der Waals surface area contributed by atoms with Crippen LogP contribution in [0, 0.1) is 0 Å². The Morgan fingerprint density at radius 2 is 1.84 bits per heavy atom. The third-order valence-corrected chi connectivity index (χ3v) is 4.67. The summed E-state index contributed by atoms with van der Waals surface area (Å²) in [7, 11) is -3.58. The van der Waals surface area contributed by atoms with Crippen molar-refractivity contribution in [2.24, 2.45) is 0 Å². The summed E-state index contributed by atoms with van der Waals surface area (Å²) < 4.78 is 26.6. The summed E-state index contributed by atoms with van der Waals surface area (Å²) in [5.41, 5.74) is 6.90. The Morgan fingerprint density at radius 3 is 2.32 bits per heavy atom. The standard InChI is InChI=1S/C14H20N2O2S/c1-4-9-16(10-5-2)19(17,18)14-11-13(15)8-7-12(14)6-3/h4-5,7-8,11H,1-2,6,9-10,15H2,3H3. The van der Waals surface area contributed by atoms with Gasteiger partial charge in [-0.3, -0.25) is 0 Å². The van der Waals surface area contributed by atoms with Gasteiger partial charge in [0, 0.05) is 18.8 Å². The van der Waals surface area contributed by atoms with Crippen molar-refractivity contribution in [2.75, 3.05) is 18.8 Å². The molecule has 0 radical (unpaired) electrons. The highest BCUT2D eigenvalue weighted by molar-refractivity contribution is 7.89. The van der Waals surface area contributed by atoms with Gasteiger partial charge in [0.15, 0.2) is 0 Å². The van der Waals surface area contributed by atoms with Crippen LogP contribution in [0.15, 0.2) is 48.4 Å². The Labute approximate surface area is 115 Å². The lowest BCUT2D eigenvalue weighted by Gasteiger charge is -2.21. The van der Waals surface area contributed by atoms with Gasteiger partial charge in [0.25, 0.3) is 0 Å². The predicted octanol–water partition coefficient (Wildman–Crippen LogP) is 2.19. The summed E-state index contributed by atoms with van der Waals surface area (Å²) in [6.07, 6.45) is 3.74. The summed E-state index contributed by atoms with van der Waals surface area (Å²) in [6, 6.07) is 4.97. The molecule has 1 aromatic carbocycles. The Balaban J connectivity index is 3.34. The van der Waals surface area contributed by atoms with Crippen LogP contribution in [0.1, 0.15) is 12.5 Å². The molecule has 0 fully saturated rings. The number of benzene rings is 1. The first-order chi connectivity index (χ1) is 8.97. The van der Waals surface area contributed by atoms with Crippen LogP contribution in [0.3, 0.4) is 0 Å². The minimum Gasteiger partial charge on any atom is -0.399 e. The second kappa shape index (κ2) is 6.54. The van der Waals surface area contributed by atoms with Crippen LogP contribution in [0.4, 0.5) is 5.69 Å². The maximum Gasteiger partial charge on any atom is 0.243 e. The van der Waals surface area contributed by atoms with Crippen molar-refractivity contribution in [3.63, 3.8) is 0 Å². The Hall–Kier alpha value is -1.59. The molecule has 0 amide bonds. The van der Waals surface area contributed by atoms with E-state index in [1.807, 2.05) is 6.92 Å². The Bertz CT molecular complexity index is 555. The molecule has 2 N–H and O–H groups in total. The Kier molecular flexibility index (Phi) is 5.32. The van der Waals surface area contributed by atoms with Crippen LogP contribution in [-0.2, 0) is 16.4 Å². The SMILES string of the molecule is C=CCN(CC=C)S(=O)(=O)c1cc(N)ccc1CC. The van der Waals surface area contributed by atoms with Gasteiger partial charge < -0.3 is 5.73 Å². The fourth-order valence-electron chi connectivity index (χ4n) is 1.80. The van der Waals surface area contributed by atoms with Gasteiger partial charge in [-0.25, -0.2) is 8.42 Å². The van der Waals surface area contributed by atoms with Crippen LogP contribution in [-0.4, -0.2) is 25.8 Å². The lowest BCUT2D eigenvalue weighted by atomic mass is 10.1. The third-order valence-electron chi connectivity index (χ3n) is 2.76. The molecule has 0 aromatic heterocycles. The summed E-state index contributed by atoms with van der Waals surface area (Å²) in [5, 5.41) is 0. The number of anilines is 1. The molecule has 104 valence electrons. The van der Waals surface area contributed by atoms with Crippen molar-refractivity contribution in [3.8, 4) is 0 Å². The maximum absolute atomic E-state index is 12.6. The average Bonchev–Trinajstić information content (AvgIpc) is 2.38. The van der Waals surface area contributed by atoms with E-state index >= 15 is 0 Å². The molecule has 0 bridgehead atoms.